The number of benzene rings is 1. The Morgan fingerprint density at radius 1 is 1.23 bits per heavy atom. The van der Waals surface area contributed by atoms with Gasteiger partial charge >= 0.3 is 0 Å². The van der Waals surface area contributed by atoms with Crippen molar-refractivity contribution in [2.75, 3.05) is 19.6 Å². The number of nitrogens with zero attached hydrogens (tertiary/aromatic N) is 4. The summed E-state index contributed by atoms with van der Waals surface area (Å²) in [6, 6.07) is 6.98. The average Bonchev–Trinajstić information content (AvgIpc) is 3.28. The molecule has 0 bridgehead atoms. The number of likely N-dealkylation sites (tertiary alicyclic amines) is 1. The van der Waals surface area contributed by atoms with E-state index in [0.29, 0.717) is 36.2 Å². The molecular weight excluding hydrogens is 464 g/mol. The Morgan fingerprint density at radius 3 is 2.60 bits per heavy atom. The van der Waals surface area contributed by atoms with Crippen LogP contribution in [0.3, 0.4) is 0 Å². The summed E-state index contributed by atoms with van der Waals surface area (Å²) in [5, 5.41) is 4.77. The summed E-state index contributed by atoms with van der Waals surface area (Å²) in [6.45, 7) is 12.0. The molecule has 2 heterocycles. The van der Waals surface area contributed by atoms with Gasteiger partial charge in [0.05, 0.1) is 6.54 Å². The van der Waals surface area contributed by atoms with E-state index in [0.717, 1.165) is 37.7 Å². The first-order chi connectivity index (χ1) is 16.6. The van der Waals surface area contributed by atoms with Gasteiger partial charge in [0.25, 0.3) is 0 Å². The van der Waals surface area contributed by atoms with E-state index in [4.69, 9.17) is 16.1 Å². The van der Waals surface area contributed by atoms with Crippen LogP contribution in [-0.2, 0) is 9.59 Å². The Bertz CT molecular complexity index is 983. The molecule has 2 aromatic rings. The van der Waals surface area contributed by atoms with Gasteiger partial charge in [0.2, 0.25) is 23.5 Å². The number of amides is 2. The van der Waals surface area contributed by atoms with Gasteiger partial charge in [-0.25, -0.2) is 0 Å². The van der Waals surface area contributed by atoms with Crippen LogP contribution in [-0.4, -0.2) is 51.4 Å². The van der Waals surface area contributed by atoms with E-state index in [2.05, 4.69) is 37.8 Å². The summed E-state index contributed by atoms with van der Waals surface area (Å²) in [6.07, 6.45) is 4.90. The molecule has 0 spiro atoms. The van der Waals surface area contributed by atoms with Gasteiger partial charge in [0, 0.05) is 30.1 Å². The molecule has 8 heteroatoms. The van der Waals surface area contributed by atoms with Crippen LogP contribution >= 0.6 is 11.6 Å². The van der Waals surface area contributed by atoms with Crippen molar-refractivity contribution in [2.24, 2.45) is 11.3 Å². The lowest BCUT2D eigenvalue weighted by molar-refractivity contribution is -0.143. The second kappa shape index (κ2) is 12.0. The summed E-state index contributed by atoms with van der Waals surface area (Å²) in [4.78, 5) is 34.7. The molecule has 1 aromatic carbocycles. The van der Waals surface area contributed by atoms with Crippen LogP contribution in [0.2, 0.25) is 5.02 Å². The van der Waals surface area contributed by atoms with E-state index in [1.54, 1.807) is 17.0 Å². The van der Waals surface area contributed by atoms with Crippen molar-refractivity contribution < 1.29 is 14.1 Å². The topological polar surface area (TPSA) is 79.5 Å². The molecule has 0 aliphatic carbocycles. The van der Waals surface area contributed by atoms with Crippen molar-refractivity contribution in [1.29, 1.82) is 0 Å². The highest BCUT2D eigenvalue weighted by molar-refractivity contribution is 6.30. The van der Waals surface area contributed by atoms with E-state index in [1.165, 1.54) is 0 Å². The standard InChI is InChI=1S/C27H39ClN4O3/c1-6-14-31(23(33)16-19(2)17-27(3,4)5)18-24(34)32-15-8-7-9-22(32)26-29-25(30-35-26)20-10-12-21(28)13-11-20/h10-13,19,22H,6-9,14-18H2,1-5H3. The molecule has 1 aromatic heterocycles. The van der Waals surface area contributed by atoms with Crippen molar-refractivity contribution >= 4 is 23.4 Å². The minimum absolute atomic E-state index is 0.0494. The van der Waals surface area contributed by atoms with Crippen LogP contribution in [0.1, 0.15) is 85.1 Å². The number of hydrogen-bond acceptors (Lipinski definition) is 5. The van der Waals surface area contributed by atoms with Gasteiger partial charge in [-0.2, -0.15) is 4.98 Å². The van der Waals surface area contributed by atoms with Crippen LogP contribution in [0.25, 0.3) is 11.4 Å². The maximum Gasteiger partial charge on any atom is 0.249 e. The number of halogens is 1. The van der Waals surface area contributed by atoms with Gasteiger partial charge in [-0.3, -0.25) is 9.59 Å². The largest absolute Gasteiger partial charge is 0.337 e. The van der Waals surface area contributed by atoms with Gasteiger partial charge in [0.1, 0.15) is 6.04 Å². The quantitative estimate of drug-likeness (QED) is 0.411. The van der Waals surface area contributed by atoms with Gasteiger partial charge in [0.15, 0.2) is 0 Å². The lowest BCUT2D eigenvalue weighted by Crippen LogP contribution is -2.46. The van der Waals surface area contributed by atoms with Crippen molar-refractivity contribution in [3.05, 3.63) is 35.2 Å². The predicted octanol–water partition coefficient (Wildman–Crippen LogP) is 6.14. The molecule has 0 saturated carbocycles. The molecule has 35 heavy (non-hydrogen) atoms. The van der Waals surface area contributed by atoms with Crippen molar-refractivity contribution in [3.8, 4) is 11.4 Å². The Balaban J connectivity index is 1.70. The van der Waals surface area contributed by atoms with Crippen LogP contribution in [0.15, 0.2) is 28.8 Å². The third-order valence-electron chi connectivity index (χ3n) is 6.31. The van der Waals surface area contributed by atoms with Gasteiger partial charge < -0.3 is 14.3 Å². The third kappa shape index (κ3) is 7.79. The lowest BCUT2D eigenvalue weighted by Gasteiger charge is -2.35. The molecule has 2 atom stereocenters. The fraction of sp³-hybridized carbons (Fsp3) is 0.630. The Hall–Kier alpha value is -2.41. The summed E-state index contributed by atoms with van der Waals surface area (Å²) in [5.41, 5.74) is 0.975. The highest BCUT2D eigenvalue weighted by Crippen LogP contribution is 2.32. The van der Waals surface area contributed by atoms with Crippen molar-refractivity contribution in [2.45, 2.75) is 79.2 Å². The SMILES string of the molecule is CCCN(CC(=O)N1CCCCC1c1nc(-c2ccc(Cl)cc2)no1)C(=O)CC(C)CC(C)(C)C. The van der Waals surface area contributed by atoms with Crippen LogP contribution in [0.4, 0.5) is 0 Å². The zero-order valence-corrected chi connectivity index (χ0v) is 22.5. The average molecular weight is 503 g/mol. The Morgan fingerprint density at radius 2 is 1.94 bits per heavy atom. The van der Waals surface area contributed by atoms with E-state index < -0.39 is 0 Å². The van der Waals surface area contributed by atoms with E-state index in [-0.39, 0.29) is 35.7 Å². The monoisotopic (exact) mass is 502 g/mol. The summed E-state index contributed by atoms with van der Waals surface area (Å²) < 4.78 is 5.60. The van der Waals surface area contributed by atoms with E-state index >= 15 is 0 Å². The number of hydrogen-bond donors (Lipinski definition) is 0. The zero-order valence-electron chi connectivity index (χ0n) is 21.7. The second-order valence-corrected chi connectivity index (χ2v) is 11.4. The van der Waals surface area contributed by atoms with E-state index in [9.17, 15) is 9.59 Å². The number of aromatic nitrogens is 2. The lowest BCUT2D eigenvalue weighted by atomic mass is 9.84. The zero-order chi connectivity index (χ0) is 25.6. The fourth-order valence-electron chi connectivity index (χ4n) is 4.93. The number of rotatable bonds is 9. The smallest absolute Gasteiger partial charge is 0.249 e. The van der Waals surface area contributed by atoms with E-state index in [1.807, 2.05) is 24.0 Å². The highest BCUT2D eigenvalue weighted by Gasteiger charge is 2.33. The molecule has 192 valence electrons. The molecule has 2 unspecified atom stereocenters. The van der Waals surface area contributed by atoms with Gasteiger partial charge in [-0.15, -0.1) is 0 Å². The van der Waals surface area contributed by atoms with Crippen LogP contribution in [0.5, 0.6) is 0 Å². The molecule has 1 aliphatic heterocycles. The summed E-state index contributed by atoms with van der Waals surface area (Å²) in [7, 11) is 0. The van der Waals surface area contributed by atoms with Crippen LogP contribution < -0.4 is 0 Å². The molecule has 2 amide bonds. The molecule has 1 saturated heterocycles. The third-order valence-corrected chi connectivity index (χ3v) is 6.56. The number of carbonyl (C=O) groups is 2. The molecule has 3 rings (SSSR count). The maximum absolute atomic E-state index is 13.4. The molecule has 1 fully saturated rings. The predicted molar refractivity (Wildman–Crippen MR) is 138 cm³/mol. The molecule has 0 radical (unpaired) electrons. The number of piperidine rings is 1. The first-order valence-corrected chi connectivity index (χ1v) is 13.1. The first kappa shape index (κ1) is 27.2. The Labute approximate surface area is 214 Å². The number of carbonyl (C=O) groups excluding carboxylic acids is 2. The normalized spacial score (nSPS) is 17.3. The first-order valence-electron chi connectivity index (χ1n) is 12.7. The fourth-order valence-corrected chi connectivity index (χ4v) is 5.06. The van der Waals surface area contributed by atoms with Crippen molar-refractivity contribution in [1.82, 2.24) is 19.9 Å². The minimum atomic E-state index is -0.275. The van der Waals surface area contributed by atoms with Crippen molar-refractivity contribution in [3.63, 3.8) is 0 Å². The molecule has 0 N–H and O–H groups in total. The Kier molecular flexibility index (Phi) is 9.34. The summed E-state index contributed by atoms with van der Waals surface area (Å²) in [5.74, 6) is 1.17. The molecule has 7 nitrogen and oxygen atoms in total. The maximum atomic E-state index is 13.4. The highest BCUT2D eigenvalue weighted by atomic mass is 35.5. The minimum Gasteiger partial charge on any atom is -0.337 e. The molecular formula is C27H39ClN4O3. The van der Waals surface area contributed by atoms with Gasteiger partial charge in [-0.1, -0.05) is 51.4 Å². The molecule has 1 aliphatic rings. The summed E-state index contributed by atoms with van der Waals surface area (Å²) >= 11 is 5.99. The van der Waals surface area contributed by atoms with Crippen LogP contribution in [0, 0.1) is 11.3 Å². The van der Waals surface area contributed by atoms with Gasteiger partial charge in [-0.05, 0) is 67.7 Å². The second-order valence-electron chi connectivity index (χ2n) is 11.0.